The monoisotopic (exact) mass is 149 g/mol. The highest BCUT2D eigenvalue weighted by Crippen LogP contribution is 1.93. The first-order chi connectivity index (χ1) is 3.62. The van der Waals surface area contributed by atoms with Crippen molar-refractivity contribution in [1.29, 1.82) is 0 Å². The van der Waals surface area contributed by atoms with Crippen LogP contribution in [0, 0.1) is 0 Å². The van der Waals surface area contributed by atoms with Gasteiger partial charge in [0.2, 0.25) is 0 Å². The summed E-state index contributed by atoms with van der Waals surface area (Å²) in [5.41, 5.74) is 0. The lowest BCUT2D eigenvalue weighted by atomic mass is 10.8. The summed E-state index contributed by atoms with van der Waals surface area (Å²) in [6.45, 7) is 7.48. The maximum Gasteiger partial charge on any atom is 0.251 e. The third kappa shape index (κ3) is 3.37. The molecule has 0 aliphatic carbocycles. The fourth-order valence-corrected chi connectivity index (χ4v) is 1.93. The molecule has 0 aromatic rings. The second-order valence-corrected chi connectivity index (χ2v) is 7.25. The summed E-state index contributed by atoms with van der Waals surface area (Å²) in [6, 6.07) is 0. The second-order valence-electron chi connectivity index (χ2n) is 2.24. The van der Waals surface area contributed by atoms with Gasteiger partial charge in [-0.05, 0) is 19.6 Å². The molecule has 8 heavy (non-hydrogen) atoms. The van der Waals surface area contributed by atoms with Crippen molar-refractivity contribution >= 4 is 19.0 Å². The van der Waals surface area contributed by atoms with E-state index < -0.39 is 8.48 Å². The van der Waals surface area contributed by atoms with Crippen molar-refractivity contribution in [2.45, 2.75) is 20.0 Å². The predicted molar refractivity (Wildman–Crippen MR) is 42.2 cm³/mol. The molecule has 50 valence electrons. The van der Waals surface area contributed by atoms with Crippen molar-refractivity contribution in [3.63, 3.8) is 0 Å². The van der Waals surface area contributed by atoms with Gasteiger partial charge in [0, 0.05) is 0 Å². The van der Waals surface area contributed by atoms with E-state index in [9.17, 15) is 0 Å². The van der Waals surface area contributed by atoms with E-state index in [1.54, 1.807) is 0 Å². The van der Waals surface area contributed by atoms with Crippen LogP contribution in [0.25, 0.3) is 0 Å². The Labute approximate surface area is 55.4 Å². The van der Waals surface area contributed by atoms with E-state index in [1.807, 2.05) is 0 Å². The van der Waals surface area contributed by atoms with Crippen LogP contribution >= 0.6 is 0 Å². The smallest absolute Gasteiger partial charge is 0.251 e. The third-order valence-corrected chi connectivity index (χ3v) is 6.40. The van der Waals surface area contributed by atoms with Gasteiger partial charge in [0.1, 0.15) is 10.5 Å². The number of hydrogen-bond donors (Lipinski definition) is 1. The lowest BCUT2D eigenvalue weighted by Gasteiger charge is -2.20. The lowest BCUT2D eigenvalue weighted by molar-refractivity contribution is 0.581. The zero-order chi connectivity index (χ0) is 6.62. The van der Waals surface area contributed by atoms with Crippen LogP contribution in [0.3, 0.4) is 0 Å². The van der Waals surface area contributed by atoms with E-state index in [0.717, 1.165) is 17.0 Å². The standard InChI is InChI=1S/C4H15NOSi2/c1-4-5-8(2,3)6-7/h5H,4H2,1-3,7H3. The fourth-order valence-electron chi connectivity index (χ4n) is 0.498. The van der Waals surface area contributed by atoms with Crippen LogP contribution in [0.5, 0.6) is 0 Å². The van der Waals surface area contributed by atoms with Crippen LogP contribution in [0.4, 0.5) is 0 Å². The molecule has 0 bridgehead atoms. The quantitative estimate of drug-likeness (QED) is 0.551. The second kappa shape index (κ2) is 3.39. The molecule has 0 aromatic carbocycles. The predicted octanol–water partition coefficient (Wildman–Crippen LogP) is -0.405. The minimum absolute atomic E-state index is 0.861. The first-order valence-electron chi connectivity index (χ1n) is 2.92. The minimum Gasteiger partial charge on any atom is -0.453 e. The van der Waals surface area contributed by atoms with E-state index in [-0.39, 0.29) is 0 Å². The van der Waals surface area contributed by atoms with Gasteiger partial charge in [0.15, 0.2) is 0 Å². The van der Waals surface area contributed by atoms with E-state index in [4.69, 9.17) is 4.12 Å². The van der Waals surface area contributed by atoms with Gasteiger partial charge in [-0.2, -0.15) is 0 Å². The number of nitrogens with one attached hydrogen (secondary N) is 1. The minimum atomic E-state index is -1.37. The van der Waals surface area contributed by atoms with Crippen molar-refractivity contribution in [3.05, 3.63) is 0 Å². The van der Waals surface area contributed by atoms with Crippen molar-refractivity contribution in [2.24, 2.45) is 0 Å². The summed E-state index contributed by atoms with van der Waals surface area (Å²) >= 11 is 0. The number of hydrogen-bond acceptors (Lipinski definition) is 2. The largest absolute Gasteiger partial charge is 0.453 e. The average Bonchev–Trinajstić information content (AvgIpc) is 1.67. The van der Waals surface area contributed by atoms with Crippen LogP contribution in [0.15, 0.2) is 0 Å². The number of rotatable bonds is 3. The van der Waals surface area contributed by atoms with Crippen LogP contribution in [-0.2, 0) is 4.12 Å². The van der Waals surface area contributed by atoms with Gasteiger partial charge < -0.3 is 9.10 Å². The molecule has 0 aliphatic heterocycles. The zero-order valence-corrected chi connectivity index (χ0v) is 9.12. The summed E-state index contributed by atoms with van der Waals surface area (Å²) in [5.74, 6) is 0. The van der Waals surface area contributed by atoms with Crippen molar-refractivity contribution in [3.8, 4) is 0 Å². The van der Waals surface area contributed by atoms with Crippen LogP contribution in [0.2, 0.25) is 13.1 Å². The average molecular weight is 149 g/mol. The molecule has 0 unspecified atom stereocenters. The first kappa shape index (κ1) is 8.35. The molecule has 0 atom stereocenters. The zero-order valence-electron chi connectivity index (χ0n) is 6.12. The van der Waals surface area contributed by atoms with E-state index >= 15 is 0 Å². The molecule has 0 aliphatic rings. The van der Waals surface area contributed by atoms with Gasteiger partial charge in [0.25, 0.3) is 8.48 Å². The highest BCUT2D eigenvalue weighted by molar-refractivity contribution is 6.71. The Kier molecular flexibility index (Phi) is 3.54. The molecule has 0 fully saturated rings. The topological polar surface area (TPSA) is 21.3 Å². The molecule has 0 saturated heterocycles. The van der Waals surface area contributed by atoms with Crippen molar-refractivity contribution < 1.29 is 4.12 Å². The Morgan fingerprint density at radius 2 is 2.12 bits per heavy atom. The fraction of sp³-hybridized carbons (Fsp3) is 1.00. The summed E-state index contributed by atoms with van der Waals surface area (Å²) < 4.78 is 5.34. The Hall–Kier alpha value is 0.354. The van der Waals surface area contributed by atoms with E-state index in [1.165, 1.54) is 0 Å². The van der Waals surface area contributed by atoms with Gasteiger partial charge in [-0.3, -0.25) is 0 Å². The Bertz CT molecular complexity index is 67.1. The third-order valence-electron chi connectivity index (χ3n) is 1.11. The van der Waals surface area contributed by atoms with Gasteiger partial charge in [-0.25, -0.2) is 0 Å². The molecule has 1 N–H and O–H groups in total. The van der Waals surface area contributed by atoms with Crippen molar-refractivity contribution in [1.82, 2.24) is 4.98 Å². The summed E-state index contributed by atoms with van der Waals surface area (Å²) in [4.78, 5) is 3.32. The molecule has 0 aromatic heterocycles. The molecule has 0 amide bonds. The molecular weight excluding hydrogens is 134 g/mol. The van der Waals surface area contributed by atoms with Crippen molar-refractivity contribution in [2.75, 3.05) is 6.54 Å². The molecular formula is C4H15NOSi2. The highest BCUT2D eigenvalue weighted by Gasteiger charge is 2.16. The van der Waals surface area contributed by atoms with E-state index in [0.29, 0.717) is 0 Å². The molecule has 4 heteroatoms. The Morgan fingerprint density at radius 3 is 2.25 bits per heavy atom. The van der Waals surface area contributed by atoms with Crippen LogP contribution in [-0.4, -0.2) is 25.5 Å². The Balaban J connectivity index is 3.37. The normalized spacial score (nSPS) is 12.4. The molecule has 0 radical (unpaired) electrons. The Morgan fingerprint density at radius 1 is 1.62 bits per heavy atom. The van der Waals surface area contributed by atoms with Crippen LogP contribution < -0.4 is 4.98 Å². The molecule has 0 saturated carbocycles. The molecule has 2 nitrogen and oxygen atoms in total. The molecule has 0 rings (SSSR count). The van der Waals surface area contributed by atoms with E-state index in [2.05, 4.69) is 25.0 Å². The maximum atomic E-state index is 5.34. The molecule has 0 spiro atoms. The van der Waals surface area contributed by atoms with Gasteiger partial charge in [-0.15, -0.1) is 0 Å². The van der Waals surface area contributed by atoms with Gasteiger partial charge >= 0.3 is 0 Å². The summed E-state index contributed by atoms with van der Waals surface area (Å²) in [7, 11) is -0.505. The lowest BCUT2D eigenvalue weighted by Crippen LogP contribution is -2.46. The van der Waals surface area contributed by atoms with Gasteiger partial charge in [-0.1, -0.05) is 6.92 Å². The SMILES string of the molecule is CCN[Si](C)(C)O[SiH3]. The van der Waals surface area contributed by atoms with Gasteiger partial charge in [0.05, 0.1) is 0 Å². The summed E-state index contributed by atoms with van der Waals surface area (Å²) in [6.07, 6.45) is 0. The first-order valence-corrected chi connectivity index (χ1v) is 6.65. The van der Waals surface area contributed by atoms with Crippen LogP contribution in [0.1, 0.15) is 6.92 Å². The summed E-state index contributed by atoms with van der Waals surface area (Å²) in [5, 5.41) is 0. The maximum absolute atomic E-state index is 5.34. The highest BCUT2D eigenvalue weighted by atomic mass is 28.4. The molecule has 0 heterocycles.